The molecule has 9 nitrogen and oxygen atoms in total. The molecule has 0 spiro atoms. The second-order valence-electron chi connectivity index (χ2n) is 9.37. The molecule has 1 fully saturated rings. The van der Waals surface area contributed by atoms with E-state index in [1.807, 2.05) is 31.4 Å². The molecule has 168 valence electrons. The van der Waals surface area contributed by atoms with Crippen molar-refractivity contribution in [3.63, 3.8) is 0 Å². The summed E-state index contributed by atoms with van der Waals surface area (Å²) in [7, 11) is 0. The van der Waals surface area contributed by atoms with Gasteiger partial charge < -0.3 is 14.6 Å². The summed E-state index contributed by atoms with van der Waals surface area (Å²) in [6.45, 7) is 8.43. The summed E-state index contributed by atoms with van der Waals surface area (Å²) >= 11 is 0. The second-order valence-corrected chi connectivity index (χ2v) is 9.37. The van der Waals surface area contributed by atoms with Crippen LogP contribution in [0.1, 0.15) is 37.7 Å². The quantitative estimate of drug-likeness (QED) is 0.664. The van der Waals surface area contributed by atoms with Crippen LogP contribution >= 0.6 is 0 Å². The van der Waals surface area contributed by atoms with Gasteiger partial charge in [0.2, 0.25) is 5.91 Å². The Bertz CT molecular complexity index is 1250. The molecule has 2 aliphatic heterocycles. The van der Waals surface area contributed by atoms with Gasteiger partial charge in [-0.1, -0.05) is 20.8 Å². The maximum absolute atomic E-state index is 13.3. The fraction of sp³-hybridized carbons (Fsp3) is 0.455. The fourth-order valence-corrected chi connectivity index (χ4v) is 4.07. The first-order valence-corrected chi connectivity index (χ1v) is 10.6. The summed E-state index contributed by atoms with van der Waals surface area (Å²) in [6.07, 6.45) is 1.05. The first-order chi connectivity index (χ1) is 15.2. The Morgan fingerprint density at radius 2 is 2.06 bits per heavy atom. The third-order valence-corrected chi connectivity index (χ3v) is 6.01. The molecule has 32 heavy (non-hydrogen) atoms. The van der Waals surface area contributed by atoms with E-state index in [2.05, 4.69) is 20.3 Å². The van der Waals surface area contributed by atoms with Gasteiger partial charge in [0.25, 0.3) is 5.56 Å². The van der Waals surface area contributed by atoms with Crippen LogP contribution in [0.15, 0.2) is 29.2 Å². The van der Waals surface area contributed by atoms with Crippen molar-refractivity contribution in [1.29, 1.82) is 0 Å². The van der Waals surface area contributed by atoms with E-state index in [1.54, 1.807) is 0 Å². The average molecular weight is 440 g/mol. The second kappa shape index (κ2) is 7.49. The summed E-state index contributed by atoms with van der Waals surface area (Å²) in [6, 6.07) is 4.79. The van der Waals surface area contributed by atoms with E-state index in [9.17, 15) is 14.0 Å². The Labute approximate surface area is 183 Å². The molecule has 0 saturated carbocycles. The van der Waals surface area contributed by atoms with Gasteiger partial charge in [0.1, 0.15) is 23.8 Å². The van der Waals surface area contributed by atoms with Crippen molar-refractivity contribution in [3.05, 3.63) is 57.5 Å². The largest absolute Gasteiger partial charge is 0.378 e. The Balaban J connectivity index is 1.55. The van der Waals surface area contributed by atoms with Crippen LogP contribution in [-0.2, 0) is 34.6 Å². The van der Waals surface area contributed by atoms with Crippen LogP contribution in [0.5, 0.6) is 0 Å². The highest BCUT2D eigenvalue weighted by atomic mass is 19.1. The van der Waals surface area contributed by atoms with E-state index < -0.39 is 5.82 Å². The predicted molar refractivity (Wildman–Crippen MR) is 115 cm³/mol. The molecule has 0 unspecified atom stereocenters. The third kappa shape index (κ3) is 3.59. The molecule has 0 atom stereocenters. The zero-order valence-corrected chi connectivity index (χ0v) is 18.3. The molecule has 0 aliphatic carbocycles. The fourth-order valence-electron chi connectivity index (χ4n) is 4.07. The van der Waals surface area contributed by atoms with Gasteiger partial charge in [0.15, 0.2) is 0 Å². The van der Waals surface area contributed by atoms with E-state index in [1.165, 1.54) is 16.6 Å². The van der Waals surface area contributed by atoms with Gasteiger partial charge in [0.05, 0.1) is 36.7 Å². The van der Waals surface area contributed by atoms with E-state index in [-0.39, 0.29) is 35.3 Å². The summed E-state index contributed by atoms with van der Waals surface area (Å²) in [5.41, 5.74) is 2.42. The number of aromatic nitrogens is 4. The normalized spacial score (nSPS) is 16.9. The number of pyridine rings is 1. The molecular formula is C22H25FN6O3. The van der Waals surface area contributed by atoms with E-state index >= 15 is 0 Å². The number of nitrogens with zero attached hydrogens (tertiary/aromatic N) is 5. The number of hydrogen-bond donors (Lipinski definition) is 1. The maximum atomic E-state index is 13.3. The van der Waals surface area contributed by atoms with Gasteiger partial charge >= 0.3 is 0 Å². The molecule has 0 radical (unpaired) electrons. The van der Waals surface area contributed by atoms with Gasteiger partial charge in [-0.05, 0) is 12.1 Å². The zero-order valence-electron chi connectivity index (χ0n) is 18.3. The number of fused-ring (bicyclic) bond motifs is 2. The summed E-state index contributed by atoms with van der Waals surface area (Å²) in [5.74, 6) is -0.528. The van der Waals surface area contributed by atoms with Crippen LogP contribution in [0, 0.1) is 5.82 Å². The number of ether oxygens (including phenoxy) is 1. The van der Waals surface area contributed by atoms with Crippen molar-refractivity contribution in [2.45, 2.75) is 51.9 Å². The lowest BCUT2D eigenvalue weighted by Gasteiger charge is -2.34. The Kier molecular flexibility index (Phi) is 4.86. The lowest BCUT2D eigenvalue weighted by atomic mass is 9.93. The van der Waals surface area contributed by atoms with Crippen LogP contribution in [0.4, 0.5) is 10.2 Å². The molecule has 5 rings (SSSR count). The van der Waals surface area contributed by atoms with Gasteiger partial charge in [-0.15, -0.1) is 0 Å². The van der Waals surface area contributed by atoms with E-state index in [4.69, 9.17) is 4.74 Å². The van der Waals surface area contributed by atoms with E-state index in [0.717, 1.165) is 17.6 Å². The van der Waals surface area contributed by atoms with Crippen molar-refractivity contribution >= 4 is 17.4 Å². The zero-order chi connectivity index (χ0) is 22.6. The molecule has 0 aromatic carbocycles. The highest BCUT2D eigenvalue weighted by Gasteiger charge is 2.35. The number of carbonyl (C=O) groups is 1. The number of amides is 1. The molecule has 0 bridgehead atoms. The monoisotopic (exact) mass is 440 g/mol. The minimum absolute atomic E-state index is 0.0184. The summed E-state index contributed by atoms with van der Waals surface area (Å²) in [4.78, 5) is 32.3. The molecule has 3 aromatic rings. The number of nitrogens with one attached hydrogen (secondary N) is 1. The van der Waals surface area contributed by atoms with Crippen LogP contribution in [0.25, 0.3) is 5.65 Å². The topological polar surface area (TPSA) is 93.8 Å². The van der Waals surface area contributed by atoms with Gasteiger partial charge in [-0.2, -0.15) is 9.61 Å². The first kappa shape index (κ1) is 20.8. The first-order valence-electron chi connectivity index (χ1n) is 10.6. The van der Waals surface area contributed by atoms with Gasteiger partial charge in [-0.3, -0.25) is 14.5 Å². The third-order valence-electron chi connectivity index (χ3n) is 6.01. The Morgan fingerprint density at radius 1 is 1.28 bits per heavy atom. The van der Waals surface area contributed by atoms with Crippen LogP contribution < -0.4 is 10.9 Å². The van der Waals surface area contributed by atoms with Crippen molar-refractivity contribution in [1.82, 2.24) is 24.1 Å². The highest BCUT2D eigenvalue weighted by molar-refractivity contribution is 5.90. The molecule has 2 aliphatic rings. The minimum Gasteiger partial charge on any atom is -0.378 e. The Hall–Kier alpha value is -3.11. The number of carbonyl (C=O) groups excluding carboxylic acids is 1. The lowest BCUT2D eigenvalue weighted by Crippen LogP contribution is -2.46. The summed E-state index contributed by atoms with van der Waals surface area (Å²) < 4.78 is 21.7. The van der Waals surface area contributed by atoms with Crippen molar-refractivity contribution in [2.75, 3.05) is 18.5 Å². The SMILES string of the molecule is CC(C)(C)c1cc2n(CC(=O)Nc3ccc(F)cn3)c3c(c(=O)n2n1)CN(C1COC1)C3. The molecule has 1 N–H and O–H groups in total. The molecule has 10 heteroatoms. The number of halogens is 1. The molecule has 3 aromatic heterocycles. The standard InChI is InChI=1S/C22H25FN6O3/c1-22(2,3)17-6-20-28(10-19(30)25-18-5-4-13(23)7-24-18)16-9-27(14-11-32-12-14)8-15(16)21(31)29(20)26-17/h4-7,14H,8-12H2,1-3H3,(H,24,25,30). The van der Waals surface area contributed by atoms with Crippen LogP contribution in [0.3, 0.4) is 0 Å². The minimum atomic E-state index is -0.475. The van der Waals surface area contributed by atoms with Crippen LogP contribution in [0.2, 0.25) is 0 Å². The highest BCUT2D eigenvalue weighted by Crippen LogP contribution is 2.28. The van der Waals surface area contributed by atoms with Gasteiger partial charge in [0, 0.05) is 30.3 Å². The maximum Gasteiger partial charge on any atom is 0.279 e. The average Bonchev–Trinajstić information content (AvgIpc) is 3.31. The van der Waals surface area contributed by atoms with Crippen molar-refractivity contribution < 1.29 is 13.9 Å². The smallest absolute Gasteiger partial charge is 0.279 e. The molecule has 1 amide bonds. The van der Waals surface area contributed by atoms with Crippen molar-refractivity contribution in [3.8, 4) is 0 Å². The molecular weight excluding hydrogens is 415 g/mol. The summed E-state index contributed by atoms with van der Waals surface area (Å²) in [5, 5.41) is 7.28. The van der Waals surface area contributed by atoms with Crippen LogP contribution in [-0.4, -0.2) is 49.2 Å². The van der Waals surface area contributed by atoms with Gasteiger partial charge in [-0.25, -0.2) is 9.37 Å². The van der Waals surface area contributed by atoms with E-state index in [0.29, 0.717) is 37.5 Å². The molecule has 5 heterocycles. The lowest BCUT2D eigenvalue weighted by molar-refractivity contribution is -0.116. The predicted octanol–water partition coefficient (Wildman–Crippen LogP) is 1.68. The molecule has 1 saturated heterocycles. The Morgan fingerprint density at radius 3 is 2.69 bits per heavy atom. The number of anilines is 1. The number of rotatable bonds is 4. The number of hydrogen-bond acceptors (Lipinski definition) is 6. The van der Waals surface area contributed by atoms with Crippen molar-refractivity contribution in [2.24, 2.45) is 0 Å².